The van der Waals surface area contributed by atoms with E-state index < -0.39 is 11.6 Å². The molecule has 0 aliphatic heterocycles. The Morgan fingerprint density at radius 2 is 1.70 bits per heavy atom. The van der Waals surface area contributed by atoms with E-state index in [1.807, 2.05) is 31.2 Å². The Kier molecular flexibility index (Phi) is 4.61. The fourth-order valence-electron chi connectivity index (χ4n) is 2.18. The van der Waals surface area contributed by atoms with Crippen LogP contribution in [0.4, 0.5) is 14.5 Å². The second kappa shape index (κ2) is 6.23. The summed E-state index contributed by atoms with van der Waals surface area (Å²) in [7, 11) is 1.67. The predicted octanol–water partition coefficient (Wildman–Crippen LogP) is 4.65. The van der Waals surface area contributed by atoms with E-state index in [9.17, 15) is 8.78 Å². The molecule has 0 radical (unpaired) electrons. The largest absolute Gasteiger partial charge is 0.366 e. The average Bonchev–Trinajstić information content (AvgIpc) is 2.40. The van der Waals surface area contributed by atoms with Crippen LogP contribution in [0.1, 0.15) is 16.7 Å². The monoisotopic (exact) mass is 295 g/mol. The molecule has 0 unspecified atom stereocenters. The molecule has 0 saturated carbocycles. The van der Waals surface area contributed by atoms with Gasteiger partial charge in [-0.15, -0.1) is 11.6 Å². The number of hydrogen-bond acceptors (Lipinski definition) is 1. The molecule has 0 aliphatic carbocycles. The molecule has 0 atom stereocenters. The van der Waals surface area contributed by atoms with Crippen LogP contribution in [-0.4, -0.2) is 7.05 Å². The first-order chi connectivity index (χ1) is 9.52. The minimum absolute atomic E-state index is 0.0258. The molecular weight excluding hydrogens is 280 g/mol. The fourth-order valence-corrected chi connectivity index (χ4v) is 2.34. The molecule has 0 aromatic heterocycles. The lowest BCUT2D eigenvalue weighted by Crippen LogP contribution is -2.20. The number of alkyl halides is 1. The van der Waals surface area contributed by atoms with E-state index in [2.05, 4.69) is 0 Å². The molecule has 0 aliphatic rings. The quantitative estimate of drug-likeness (QED) is 0.742. The Labute approximate surface area is 122 Å². The first kappa shape index (κ1) is 14.8. The van der Waals surface area contributed by atoms with E-state index in [-0.39, 0.29) is 11.6 Å². The number of rotatable bonds is 4. The lowest BCUT2D eigenvalue weighted by Gasteiger charge is -2.22. The summed E-state index contributed by atoms with van der Waals surface area (Å²) in [6.07, 6.45) is 0. The molecule has 0 fully saturated rings. The number of halogens is 3. The standard InChI is InChI=1S/C16H16ClF2N/c1-11-5-3-4-6-13(11)10-20(2)16-14(18)7-12(9-17)8-15(16)19/h3-8H,9-10H2,1-2H3. The van der Waals surface area contributed by atoms with E-state index in [1.165, 1.54) is 12.1 Å². The van der Waals surface area contributed by atoms with Gasteiger partial charge >= 0.3 is 0 Å². The van der Waals surface area contributed by atoms with E-state index >= 15 is 0 Å². The normalized spacial score (nSPS) is 10.7. The number of nitrogens with zero attached hydrogens (tertiary/aromatic N) is 1. The highest BCUT2D eigenvalue weighted by Crippen LogP contribution is 2.26. The summed E-state index contributed by atoms with van der Waals surface area (Å²) < 4.78 is 28.0. The molecule has 0 bridgehead atoms. The fraction of sp³-hybridized carbons (Fsp3) is 0.250. The first-order valence-electron chi connectivity index (χ1n) is 6.32. The van der Waals surface area contributed by atoms with E-state index in [0.717, 1.165) is 11.1 Å². The second-order valence-corrected chi connectivity index (χ2v) is 5.09. The van der Waals surface area contributed by atoms with Crippen molar-refractivity contribution >= 4 is 17.3 Å². The zero-order valence-electron chi connectivity index (χ0n) is 11.5. The topological polar surface area (TPSA) is 3.24 Å². The smallest absolute Gasteiger partial charge is 0.149 e. The lowest BCUT2D eigenvalue weighted by atomic mass is 10.1. The average molecular weight is 296 g/mol. The Balaban J connectivity index is 2.30. The number of aryl methyl sites for hydroxylation is 1. The highest BCUT2D eigenvalue weighted by Gasteiger charge is 2.15. The molecule has 0 saturated heterocycles. The zero-order chi connectivity index (χ0) is 14.7. The van der Waals surface area contributed by atoms with Crippen LogP contribution < -0.4 is 4.90 Å². The van der Waals surface area contributed by atoms with Crippen molar-refractivity contribution in [2.75, 3.05) is 11.9 Å². The van der Waals surface area contributed by atoms with Crippen molar-refractivity contribution in [2.24, 2.45) is 0 Å². The number of anilines is 1. The first-order valence-corrected chi connectivity index (χ1v) is 6.86. The van der Waals surface area contributed by atoms with Gasteiger partial charge in [-0.05, 0) is 35.7 Å². The van der Waals surface area contributed by atoms with Crippen molar-refractivity contribution in [3.05, 3.63) is 64.7 Å². The Hall–Kier alpha value is -1.61. The van der Waals surface area contributed by atoms with Crippen LogP contribution in [0.5, 0.6) is 0 Å². The van der Waals surface area contributed by atoms with Crippen LogP contribution >= 0.6 is 11.6 Å². The third kappa shape index (κ3) is 3.10. The third-order valence-corrected chi connectivity index (χ3v) is 3.59. The molecule has 0 spiro atoms. The van der Waals surface area contributed by atoms with Gasteiger partial charge in [0.1, 0.15) is 17.3 Å². The number of hydrogen-bond donors (Lipinski definition) is 0. The van der Waals surface area contributed by atoms with Gasteiger partial charge in [-0.2, -0.15) is 0 Å². The lowest BCUT2D eigenvalue weighted by molar-refractivity contribution is 0.574. The van der Waals surface area contributed by atoms with Crippen LogP contribution in [0.3, 0.4) is 0 Å². The van der Waals surface area contributed by atoms with Crippen LogP contribution in [-0.2, 0) is 12.4 Å². The van der Waals surface area contributed by atoms with Crippen molar-refractivity contribution in [3.63, 3.8) is 0 Å². The van der Waals surface area contributed by atoms with Crippen molar-refractivity contribution in [2.45, 2.75) is 19.3 Å². The Bertz CT molecular complexity index is 590. The van der Waals surface area contributed by atoms with Gasteiger partial charge in [0.25, 0.3) is 0 Å². The highest BCUT2D eigenvalue weighted by molar-refractivity contribution is 6.17. The summed E-state index contributed by atoms with van der Waals surface area (Å²) in [5.74, 6) is -1.08. The molecule has 2 rings (SSSR count). The Morgan fingerprint density at radius 3 is 2.25 bits per heavy atom. The summed E-state index contributed by atoms with van der Waals surface area (Å²) in [4.78, 5) is 1.57. The molecule has 4 heteroatoms. The second-order valence-electron chi connectivity index (χ2n) is 4.82. The van der Waals surface area contributed by atoms with Crippen molar-refractivity contribution in [3.8, 4) is 0 Å². The van der Waals surface area contributed by atoms with Gasteiger partial charge in [-0.1, -0.05) is 24.3 Å². The van der Waals surface area contributed by atoms with Gasteiger partial charge in [-0.25, -0.2) is 8.78 Å². The number of benzene rings is 2. The summed E-state index contributed by atoms with van der Waals surface area (Å²) >= 11 is 5.61. The summed E-state index contributed by atoms with van der Waals surface area (Å²) in [6.45, 7) is 2.42. The molecular formula is C16H16ClF2N. The van der Waals surface area contributed by atoms with Gasteiger partial charge in [0.2, 0.25) is 0 Å². The zero-order valence-corrected chi connectivity index (χ0v) is 12.2. The van der Waals surface area contributed by atoms with Crippen molar-refractivity contribution in [1.29, 1.82) is 0 Å². The minimum atomic E-state index is -0.586. The summed E-state index contributed by atoms with van der Waals surface area (Å²) in [5.41, 5.74) is 2.55. The van der Waals surface area contributed by atoms with Gasteiger partial charge in [0, 0.05) is 19.5 Å². The maximum Gasteiger partial charge on any atom is 0.149 e. The maximum absolute atomic E-state index is 14.0. The van der Waals surface area contributed by atoms with Gasteiger partial charge in [0.05, 0.1) is 0 Å². The van der Waals surface area contributed by atoms with Gasteiger partial charge < -0.3 is 4.90 Å². The molecule has 2 aromatic carbocycles. The van der Waals surface area contributed by atoms with Crippen LogP contribution in [0.2, 0.25) is 0 Å². The third-order valence-electron chi connectivity index (χ3n) is 3.28. The molecule has 2 aromatic rings. The van der Waals surface area contributed by atoms with Gasteiger partial charge in [0.15, 0.2) is 0 Å². The molecule has 20 heavy (non-hydrogen) atoms. The van der Waals surface area contributed by atoms with Crippen LogP contribution in [0.25, 0.3) is 0 Å². The van der Waals surface area contributed by atoms with Gasteiger partial charge in [-0.3, -0.25) is 0 Å². The molecule has 0 amide bonds. The molecule has 106 valence electrons. The highest BCUT2D eigenvalue weighted by atomic mass is 35.5. The van der Waals surface area contributed by atoms with Crippen molar-refractivity contribution in [1.82, 2.24) is 0 Å². The SMILES string of the molecule is Cc1ccccc1CN(C)c1c(F)cc(CCl)cc1F. The molecule has 0 N–H and O–H groups in total. The minimum Gasteiger partial charge on any atom is -0.366 e. The molecule has 1 nitrogen and oxygen atoms in total. The van der Waals surface area contributed by atoms with E-state index in [4.69, 9.17) is 11.6 Å². The Morgan fingerprint density at radius 1 is 1.10 bits per heavy atom. The summed E-state index contributed by atoms with van der Waals surface area (Å²) in [6, 6.07) is 10.3. The maximum atomic E-state index is 14.0. The predicted molar refractivity (Wildman–Crippen MR) is 79.2 cm³/mol. The summed E-state index contributed by atoms with van der Waals surface area (Å²) in [5, 5.41) is 0. The van der Waals surface area contributed by atoms with Crippen LogP contribution in [0.15, 0.2) is 36.4 Å². The molecule has 0 heterocycles. The van der Waals surface area contributed by atoms with E-state index in [1.54, 1.807) is 11.9 Å². The van der Waals surface area contributed by atoms with Crippen LogP contribution in [0, 0.1) is 18.6 Å². The van der Waals surface area contributed by atoms with E-state index in [0.29, 0.717) is 12.1 Å². The van der Waals surface area contributed by atoms with Crippen molar-refractivity contribution < 1.29 is 8.78 Å².